The van der Waals surface area contributed by atoms with E-state index in [-0.39, 0.29) is 27.8 Å². The highest BCUT2D eigenvalue weighted by molar-refractivity contribution is 6.39. The SMILES string of the molecule is NC(c1cc(Cl)c(NC(=O)NCc2ccc(Cl)cn2)c(Cl)c1)C(F)(F)F. The van der Waals surface area contributed by atoms with Crippen molar-refractivity contribution in [3.8, 4) is 0 Å². The van der Waals surface area contributed by atoms with Crippen molar-refractivity contribution in [2.24, 2.45) is 5.73 Å². The quantitative estimate of drug-likeness (QED) is 0.647. The largest absolute Gasteiger partial charge is 0.407 e. The Bertz CT molecular complexity index is 777. The highest BCUT2D eigenvalue weighted by Crippen LogP contribution is 2.37. The molecule has 1 atom stereocenters. The number of hydrogen-bond donors (Lipinski definition) is 3. The standard InChI is InChI=1S/C15H12Cl3F3N4O/c16-8-1-2-9(23-5-8)6-24-14(26)25-12-10(17)3-7(4-11(12)18)13(22)15(19,20)21/h1-5,13H,6,22H2,(H2,24,25,26). The highest BCUT2D eigenvalue weighted by atomic mass is 35.5. The van der Waals surface area contributed by atoms with Crippen LogP contribution in [0.15, 0.2) is 30.5 Å². The predicted molar refractivity (Wildman–Crippen MR) is 94.6 cm³/mol. The van der Waals surface area contributed by atoms with Crippen LogP contribution in [-0.4, -0.2) is 17.2 Å². The van der Waals surface area contributed by atoms with E-state index in [0.29, 0.717) is 10.7 Å². The summed E-state index contributed by atoms with van der Waals surface area (Å²) in [5.41, 5.74) is 5.32. The van der Waals surface area contributed by atoms with Gasteiger partial charge >= 0.3 is 12.2 Å². The van der Waals surface area contributed by atoms with Gasteiger partial charge in [-0.25, -0.2) is 4.79 Å². The van der Waals surface area contributed by atoms with Gasteiger partial charge in [0.2, 0.25) is 0 Å². The molecule has 1 unspecified atom stereocenters. The lowest BCUT2D eigenvalue weighted by Gasteiger charge is -2.18. The summed E-state index contributed by atoms with van der Waals surface area (Å²) < 4.78 is 38.1. The van der Waals surface area contributed by atoms with E-state index in [4.69, 9.17) is 40.5 Å². The van der Waals surface area contributed by atoms with E-state index >= 15 is 0 Å². The molecule has 2 amide bonds. The lowest BCUT2D eigenvalue weighted by Crippen LogP contribution is -2.29. The third-order valence-corrected chi connectivity index (χ3v) is 4.05. The topological polar surface area (TPSA) is 80.0 Å². The first-order valence-electron chi connectivity index (χ1n) is 7.04. The van der Waals surface area contributed by atoms with E-state index in [9.17, 15) is 18.0 Å². The Kier molecular flexibility index (Phi) is 6.57. The van der Waals surface area contributed by atoms with Gasteiger partial charge in [-0.2, -0.15) is 13.2 Å². The second-order valence-corrected chi connectivity index (χ2v) is 6.41. The van der Waals surface area contributed by atoms with Crippen molar-refractivity contribution in [1.82, 2.24) is 10.3 Å². The number of rotatable bonds is 4. The normalized spacial score (nSPS) is 12.6. The van der Waals surface area contributed by atoms with Crippen molar-refractivity contribution in [3.63, 3.8) is 0 Å². The third-order valence-electron chi connectivity index (χ3n) is 3.23. The minimum absolute atomic E-state index is 0.0342. The van der Waals surface area contributed by atoms with Gasteiger partial charge in [-0.3, -0.25) is 4.98 Å². The molecule has 1 aromatic carbocycles. The molecule has 5 nitrogen and oxygen atoms in total. The first kappa shape index (κ1) is 20.6. The molecule has 0 fully saturated rings. The summed E-state index contributed by atoms with van der Waals surface area (Å²) in [5.74, 6) is 0. The fourth-order valence-corrected chi connectivity index (χ4v) is 2.63. The van der Waals surface area contributed by atoms with Crippen molar-refractivity contribution >= 4 is 46.5 Å². The Labute approximate surface area is 161 Å². The summed E-state index contributed by atoms with van der Waals surface area (Å²) in [6.45, 7) is 0.0925. The Morgan fingerprint density at radius 2 is 1.81 bits per heavy atom. The van der Waals surface area contributed by atoms with E-state index in [1.54, 1.807) is 12.1 Å². The third kappa shape index (κ3) is 5.38. The molecule has 0 spiro atoms. The zero-order chi connectivity index (χ0) is 19.5. The van der Waals surface area contributed by atoms with Crippen molar-refractivity contribution in [1.29, 1.82) is 0 Å². The first-order chi connectivity index (χ1) is 12.1. The van der Waals surface area contributed by atoms with Crippen LogP contribution in [0.2, 0.25) is 15.1 Å². The molecule has 0 aliphatic rings. The number of hydrogen-bond acceptors (Lipinski definition) is 3. The molecule has 4 N–H and O–H groups in total. The average Bonchev–Trinajstić information content (AvgIpc) is 2.56. The molecule has 0 radical (unpaired) electrons. The summed E-state index contributed by atoms with van der Waals surface area (Å²) >= 11 is 17.6. The monoisotopic (exact) mass is 426 g/mol. The number of amides is 2. The molecule has 0 bridgehead atoms. The molecule has 2 rings (SSSR count). The van der Waals surface area contributed by atoms with Crippen LogP contribution in [0.25, 0.3) is 0 Å². The smallest absolute Gasteiger partial charge is 0.332 e. The van der Waals surface area contributed by atoms with E-state index in [1.165, 1.54) is 6.20 Å². The number of nitrogens with two attached hydrogens (primary N) is 1. The van der Waals surface area contributed by atoms with Gasteiger partial charge < -0.3 is 16.4 Å². The maximum Gasteiger partial charge on any atom is 0.407 e. The van der Waals surface area contributed by atoms with Crippen LogP contribution in [0.3, 0.4) is 0 Å². The summed E-state index contributed by atoms with van der Waals surface area (Å²) in [7, 11) is 0. The van der Waals surface area contributed by atoms with E-state index in [2.05, 4.69) is 15.6 Å². The number of nitrogens with one attached hydrogen (secondary N) is 2. The summed E-state index contributed by atoms with van der Waals surface area (Å²) in [6.07, 6.45) is -3.22. The summed E-state index contributed by atoms with van der Waals surface area (Å²) in [4.78, 5) is 15.9. The fourth-order valence-electron chi connectivity index (χ4n) is 1.92. The molecule has 11 heteroatoms. The number of aromatic nitrogens is 1. The Morgan fingerprint density at radius 1 is 1.19 bits per heavy atom. The summed E-state index contributed by atoms with van der Waals surface area (Å²) in [6, 6.07) is 2.33. The maximum absolute atomic E-state index is 12.7. The van der Waals surface area contributed by atoms with Gasteiger partial charge in [0.05, 0.1) is 33.0 Å². The van der Waals surface area contributed by atoms with Crippen LogP contribution in [0.4, 0.5) is 23.7 Å². The number of anilines is 1. The van der Waals surface area contributed by atoms with Crippen molar-refractivity contribution in [3.05, 3.63) is 56.8 Å². The van der Waals surface area contributed by atoms with Gasteiger partial charge in [-0.05, 0) is 29.8 Å². The van der Waals surface area contributed by atoms with Crippen LogP contribution < -0.4 is 16.4 Å². The Morgan fingerprint density at radius 3 is 2.31 bits per heavy atom. The first-order valence-corrected chi connectivity index (χ1v) is 8.18. The van der Waals surface area contributed by atoms with Gasteiger partial charge in [-0.15, -0.1) is 0 Å². The van der Waals surface area contributed by atoms with E-state index < -0.39 is 18.2 Å². The fraction of sp³-hybridized carbons (Fsp3) is 0.200. The number of urea groups is 1. The zero-order valence-corrected chi connectivity index (χ0v) is 15.1. The highest BCUT2D eigenvalue weighted by Gasteiger charge is 2.38. The lowest BCUT2D eigenvalue weighted by molar-refractivity contribution is -0.149. The zero-order valence-electron chi connectivity index (χ0n) is 12.9. The number of benzene rings is 1. The number of carbonyl (C=O) groups is 1. The van der Waals surface area contributed by atoms with Crippen molar-refractivity contribution in [2.75, 3.05) is 5.32 Å². The molecule has 1 heterocycles. The minimum Gasteiger partial charge on any atom is -0.332 e. The molecule has 0 aliphatic carbocycles. The predicted octanol–water partition coefficient (Wildman–Crippen LogP) is 4.93. The average molecular weight is 428 g/mol. The Hall–Kier alpha value is -1.74. The number of halogens is 6. The molecule has 0 saturated heterocycles. The van der Waals surface area contributed by atoms with Gasteiger partial charge in [0, 0.05) is 6.20 Å². The van der Waals surface area contributed by atoms with Crippen LogP contribution in [0, 0.1) is 0 Å². The van der Waals surface area contributed by atoms with Crippen LogP contribution in [0.1, 0.15) is 17.3 Å². The molecular weight excluding hydrogens is 416 g/mol. The van der Waals surface area contributed by atoms with Crippen LogP contribution >= 0.6 is 34.8 Å². The number of carbonyl (C=O) groups excluding carboxylic acids is 1. The number of nitrogens with zero attached hydrogens (tertiary/aromatic N) is 1. The van der Waals surface area contributed by atoms with Crippen molar-refractivity contribution < 1.29 is 18.0 Å². The van der Waals surface area contributed by atoms with Crippen molar-refractivity contribution in [2.45, 2.75) is 18.8 Å². The minimum atomic E-state index is -4.65. The summed E-state index contributed by atoms with van der Waals surface area (Å²) in [5, 5.41) is 4.99. The van der Waals surface area contributed by atoms with E-state index in [0.717, 1.165) is 12.1 Å². The molecular formula is C15H12Cl3F3N4O. The van der Waals surface area contributed by atoms with Gasteiger partial charge in [0.15, 0.2) is 0 Å². The van der Waals surface area contributed by atoms with Crippen LogP contribution in [-0.2, 0) is 6.54 Å². The molecule has 0 aliphatic heterocycles. The van der Waals surface area contributed by atoms with Gasteiger partial charge in [0.1, 0.15) is 6.04 Å². The van der Waals surface area contributed by atoms with Gasteiger partial charge in [0.25, 0.3) is 0 Å². The Balaban J connectivity index is 2.06. The maximum atomic E-state index is 12.7. The lowest BCUT2D eigenvalue weighted by atomic mass is 10.1. The molecule has 140 valence electrons. The molecule has 1 aromatic heterocycles. The van der Waals surface area contributed by atoms with E-state index in [1.807, 2.05) is 0 Å². The second kappa shape index (κ2) is 8.30. The number of alkyl halides is 3. The molecule has 0 saturated carbocycles. The molecule has 26 heavy (non-hydrogen) atoms. The van der Waals surface area contributed by atoms with Gasteiger partial charge in [-0.1, -0.05) is 34.8 Å². The van der Waals surface area contributed by atoms with Crippen LogP contribution in [0.5, 0.6) is 0 Å². The second-order valence-electron chi connectivity index (χ2n) is 5.15. The number of pyridine rings is 1. The molecule has 2 aromatic rings.